The van der Waals surface area contributed by atoms with Gasteiger partial charge in [0.15, 0.2) is 0 Å². The second-order valence-electron chi connectivity index (χ2n) is 5.63. The number of benzene rings is 1. The molecule has 114 valence electrons. The Morgan fingerprint density at radius 3 is 2.64 bits per heavy atom. The van der Waals surface area contributed by atoms with Crippen molar-refractivity contribution in [3.05, 3.63) is 65.7 Å². The number of aromatic nitrogens is 5. The van der Waals surface area contributed by atoms with Crippen LogP contribution in [0.25, 0.3) is 0 Å². The molecule has 0 radical (unpaired) electrons. The first kappa shape index (κ1) is 14.5. The van der Waals surface area contributed by atoms with Gasteiger partial charge in [0.25, 0.3) is 0 Å². The van der Waals surface area contributed by atoms with Crippen LogP contribution in [0.3, 0.4) is 0 Å². The van der Waals surface area contributed by atoms with Crippen molar-refractivity contribution in [2.24, 2.45) is 0 Å². The molecular formula is C17H21N5. The van der Waals surface area contributed by atoms with Crippen LogP contribution in [0.1, 0.15) is 36.6 Å². The standard InChI is InChI=1S/C17H21N5/c1-3-21-11-15(10-18-21)12-22-13-17(19-20-22)9-14(2)16-7-5-4-6-8-16/h4-8,10-11,13-14H,3,9,12H2,1-2H3/t14-/m0/s1. The fraction of sp³-hybridized carbons (Fsp3) is 0.353. The molecule has 0 unspecified atom stereocenters. The van der Waals surface area contributed by atoms with Crippen molar-refractivity contribution in [2.45, 2.75) is 39.3 Å². The summed E-state index contributed by atoms with van der Waals surface area (Å²) in [5.74, 6) is 0.439. The summed E-state index contributed by atoms with van der Waals surface area (Å²) in [5, 5.41) is 12.8. The average Bonchev–Trinajstić information content (AvgIpc) is 3.18. The van der Waals surface area contributed by atoms with Gasteiger partial charge < -0.3 is 0 Å². The van der Waals surface area contributed by atoms with Crippen LogP contribution in [0.4, 0.5) is 0 Å². The Morgan fingerprint density at radius 1 is 1.09 bits per heavy atom. The molecule has 2 heterocycles. The Bertz CT molecular complexity index is 713. The Labute approximate surface area is 130 Å². The minimum absolute atomic E-state index is 0.439. The SMILES string of the molecule is CCn1cc(Cn2cc(C[C@H](C)c3ccccc3)nn2)cn1. The summed E-state index contributed by atoms with van der Waals surface area (Å²) < 4.78 is 3.80. The van der Waals surface area contributed by atoms with Gasteiger partial charge in [-0.15, -0.1) is 5.10 Å². The molecule has 1 aromatic carbocycles. The molecule has 0 aliphatic heterocycles. The van der Waals surface area contributed by atoms with E-state index in [1.807, 2.05) is 34.0 Å². The molecule has 0 aliphatic rings. The number of nitrogens with zero attached hydrogens (tertiary/aromatic N) is 5. The number of hydrogen-bond acceptors (Lipinski definition) is 3. The molecular weight excluding hydrogens is 274 g/mol. The lowest BCUT2D eigenvalue weighted by Gasteiger charge is -2.09. The minimum Gasteiger partial charge on any atom is -0.273 e. The van der Waals surface area contributed by atoms with Crippen molar-refractivity contribution in [3.63, 3.8) is 0 Å². The van der Waals surface area contributed by atoms with Crippen LogP contribution in [0.15, 0.2) is 48.9 Å². The highest BCUT2D eigenvalue weighted by molar-refractivity contribution is 5.20. The van der Waals surface area contributed by atoms with E-state index in [1.54, 1.807) is 0 Å². The summed E-state index contributed by atoms with van der Waals surface area (Å²) in [6.07, 6.45) is 6.87. The Hall–Kier alpha value is -2.43. The lowest BCUT2D eigenvalue weighted by molar-refractivity contribution is 0.641. The van der Waals surface area contributed by atoms with E-state index in [4.69, 9.17) is 0 Å². The van der Waals surface area contributed by atoms with Crippen molar-refractivity contribution < 1.29 is 0 Å². The van der Waals surface area contributed by atoms with Gasteiger partial charge in [0.1, 0.15) is 0 Å². The normalized spacial score (nSPS) is 12.5. The van der Waals surface area contributed by atoms with Gasteiger partial charge >= 0.3 is 0 Å². The second-order valence-corrected chi connectivity index (χ2v) is 5.63. The lowest BCUT2D eigenvalue weighted by Crippen LogP contribution is -2.00. The largest absolute Gasteiger partial charge is 0.273 e. The van der Waals surface area contributed by atoms with Crippen LogP contribution in [-0.2, 0) is 19.5 Å². The first-order valence-corrected chi connectivity index (χ1v) is 7.70. The molecule has 0 amide bonds. The maximum Gasteiger partial charge on any atom is 0.0833 e. The fourth-order valence-corrected chi connectivity index (χ4v) is 2.57. The molecule has 0 N–H and O–H groups in total. The molecule has 1 atom stereocenters. The highest BCUT2D eigenvalue weighted by Crippen LogP contribution is 2.18. The predicted octanol–water partition coefficient (Wildman–Crippen LogP) is 2.89. The monoisotopic (exact) mass is 295 g/mol. The zero-order valence-electron chi connectivity index (χ0n) is 13.1. The smallest absolute Gasteiger partial charge is 0.0833 e. The number of rotatable bonds is 6. The zero-order valence-corrected chi connectivity index (χ0v) is 13.1. The summed E-state index contributed by atoms with van der Waals surface area (Å²) in [6.45, 7) is 5.90. The van der Waals surface area contributed by atoms with E-state index in [0.717, 1.165) is 24.2 Å². The van der Waals surface area contributed by atoms with Gasteiger partial charge in [0.05, 0.1) is 18.4 Å². The summed E-state index contributed by atoms with van der Waals surface area (Å²) in [7, 11) is 0. The van der Waals surface area contributed by atoms with Crippen LogP contribution in [0.2, 0.25) is 0 Å². The van der Waals surface area contributed by atoms with E-state index in [9.17, 15) is 0 Å². The quantitative estimate of drug-likeness (QED) is 0.702. The Balaban J connectivity index is 1.63. The van der Waals surface area contributed by atoms with Crippen LogP contribution in [0, 0.1) is 0 Å². The maximum atomic E-state index is 4.29. The molecule has 3 aromatic rings. The summed E-state index contributed by atoms with van der Waals surface area (Å²) in [6, 6.07) is 10.5. The molecule has 0 saturated carbocycles. The van der Waals surface area contributed by atoms with Crippen LogP contribution >= 0.6 is 0 Å². The molecule has 2 aromatic heterocycles. The van der Waals surface area contributed by atoms with E-state index in [1.165, 1.54) is 5.56 Å². The van der Waals surface area contributed by atoms with Crippen LogP contribution in [-0.4, -0.2) is 24.8 Å². The van der Waals surface area contributed by atoms with Gasteiger partial charge in [-0.05, 0) is 24.8 Å². The highest BCUT2D eigenvalue weighted by Gasteiger charge is 2.10. The lowest BCUT2D eigenvalue weighted by atomic mass is 9.97. The number of aryl methyl sites for hydroxylation is 1. The number of hydrogen-bond donors (Lipinski definition) is 0. The first-order valence-electron chi connectivity index (χ1n) is 7.70. The second kappa shape index (κ2) is 6.56. The topological polar surface area (TPSA) is 48.5 Å². The van der Waals surface area contributed by atoms with Gasteiger partial charge in [-0.1, -0.05) is 42.5 Å². The van der Waals surface area contributed by atoms with Crippen molar-refractivity contribution in [2.75, 3.05) is 0 Å². The van der Waals surface area contributed by atoms with E-state index >= 15 is 0 Å². The van der Waals surface area contributed by atoms with Gasteiger partial charge in [-0.2, -0.15) is 5.10 Å². The Morgan fingerprint density at radius 2 is 1.91 bits per heavy atom. The average molecular weight is 295 g/mol. The molecule has 0 aliphatic carbocycles. The predicted molar refractivity (Wildman–Crippen MR) is 85.6 cm³/mol. The molecule has 0 bridgehead atoms. The summed E-state index contributed by atoms with van der Waals surface area (Å²) in [5.41, 5.74) is 3.51. The molecule has 0 fully saturated rings. The zero-order chi connectivity index (χ0) is 15.4. The molecule has 0 saturated heterocycles. The maximum absolute atomic E-state index is 4.29. The van der Waals surface area contributed by atoms with E-state index in [-0.39, 0.29) is 0 Å². The molecule has 3 rings (SSSR count). The molecule has 5 heteroatoms. The molecule has 0 spiro atoms. The van der Waals surface area contributed by atoms with E-state index in [2.05, 4.69) is 53.5 Å². The van der Waals surface area contributed by atoms with Crippen molar-refractivity contribution >= 4 is 0 Å². The third-order valence-corrected chi connectivity index (χ3v) is 3.83. The summed E-state index contributed by atoms with van der Waals surface area (Å²) >= 11 is 0. The third-order valence-electron chi connectivity index (χ3n) is 3.83. The van der Waals surface area contributed by atoms with Crippen molar-refractivity contribution in [1.29, 1.82) is 0 Å². The highest BCUT2D eigenvalue weighted by atomic mass is 15.4. The third kappa shape index (κ3) is 3.42. The first-order chi connectivity index (χ1) is 10.7. The van der Waals surface area contributed by atoms with Gasteiger partial charge in [-0.3, -0.25) is 4.68 Å². The van der Waals surface area contributed by atoms with E-state index in [0.29, 0.717) is 12.5 Å². The van der Waals surface area contributed by atoms with E-state index < -0.39 is 0 Å². The molecule has 5 nitrogen and oxygen atoms in total. The fourth-order valence-electron chi connectivity index (χ4n) is 2.57. The van der Waals surface area contributed by atoms with Crippen LogP contribution in [0.5, 0.6) is 0 Å². The summed E-state index contributed by atoms with van der Waals surface area (Å²) in [4.78, 5) is 0. The van der Waals surface area contributed by atoms with Gasteiger partial charge in [0.2, 0.25) is 0 Å². The van der Waals surface area contributed by atoms with Gasteiger partial charge in [0, 0.05) is 24.5 Å². The van der Waals surface area contributed by atoms with Crippen LogP contribution < -0.4 is 0 Å². The minimum atomic E-state index is 0.439. The molecule has 22 heavy (non-hydrogen) atoms. The van der Waals surface area contributed by atoms with Crippen molar-refractivity contribution in [3.8, 4) is 0 Å². The Kier molecular flexibility index (Phi) is 4.32. The van der Waals surface area contributed by atoms with Crippen molar-refractivity contribution in [1.82, 2.24) is 24.8 Å². The van der Waals surface area contributed by atoms with Gasteiger partial charge in [-0.25, -0.2) is 4.68 Å².